The van der Waals surface area contributed by atoms with E-state index in [0.29, 0.717) is 25.9 Å². The van der Waals surface area contributed by atoms with Gasteiger partial charge in [0.05, 0.1) is 37.2 Å². The normalized spacial score (nSPS) is 12.2. The Morgan fingerprint density at radius 3 is 2.10 bits per heavy atom. The Morgan fingerprint density at radius 2 is 1.45 bits per heavy atom. The molecule has 2 aromatic carbocycles. The van der Waals surface area contributed by atoms with E-state index in [1.807, 2.05) is 42.5 Å². The van der Waals surface area contributed by atoms with E-state index < -0.39 is 0 Å². The monoisotopic (exact) mass is 378 g/mol. The van der Waals surface area contributed by atoms with Crippen LogP contribution in [0.4, 0.5) is 5.69 Å². The summed E-state index contributed by atoms with van der Waals surface area (Å²) in [5, 5.41) is 20.6. The van der Waals surface area contributed by atoms with Gasteiger partial charge in [-0.2, -0.15) is 10.5 Å². The van der Waals surface area contributed by atoms with Crippen molar-refractivity contribution in [3.63, 3.8) is 0 Å². The van der Waals surface area contributed by atoms with E-state index in [2.05, 4.69) is 58.9 Å². The van der Waals surface area contributed by atoms with Gasteiger partial charge >= 0.3 is 0 Å². The van der Waals surface area contributed by atoms with E-state index in [4.69, 9.17) is 10.5 Å². The SMILES string of the molecule is N#CCCN=C1C=CC(=C(c2ccccc2)c2ccc(NCCC#N)cc2)C=C1. The van der Waals surface area contributed by atoms with Crippen LogP contribution in [-0.4, -0.2) is 18.8 Å². The van der Waals surface area contributed by atoms with Gasteiger partial charge in [-0.25, -0.2) is 0 Å². The number of rotatable bonds is 7. The van der Waals surface area contributed by atoms with Crippen molar-refractivity contribution in [2.75, 3.05) is 18.4 Å². The predicted molar refractivity (Wildman–Crippen MR) is 118 cm³/mol. The highest BCUT2D eigenvalue weighted by atomic mass is 14.9. The summed E-state index contributed by atoms with van der Waals surface area (Å²) in [7, 11) is 0. The van der Waals surface area contributed by atoms with E-state index >= 15 is 0 Å². The third-order valence-corrected chi connectivity index (χ3v) is 4.48. The molecule has 0 heterocycles. The highest BCUT2D eigenvalue weighted by molar-refractivity contribution is 6.07. The van der Waals surface area contributed by atoms with E-state index in [9.17, 15) is 0 Å². The second kappa shape index (κ2) is 10.4. The molecule has 0 atom stereocenters. The minimum atomic E-state index is 0.428. The largest absolute Gasteiger partial charge is 0.384 e. The number of hydrogen-bond acceptors (Lipinski definition) is 4. The summed E-state index contributed by atoms with van der Waals surface area (Å²) >= 11 is 0. The van der Waals surface area contributed by atoms with Gasteiger partial charge in [0.2, 0.25) is 0 Å². The number of allylic oxidation sites excluding steroid dienone is 5. The number of nitrogens with zero attached hydrogens (tertiary/aromatic N) is 3. The number of aliphatic imine (C=N–C) groups is 1. The number of hydrogen-bond donors (Lipinski definition) is 1. The predicted octanol–water partition coefficient (Wildman–Crippen LogP) is 5.29. The van der Waals surface area contributed by atoms with Gasteiger partial charge in [0, 0.05) is 12.2 Å². The van der Waals surface area contributed by atoms with Crippen molar-refractivity contribution in [2.45, 2.75) is 12.8 Å². The molecule has 1 aliphatic rings. The first kappa shape index (κ1) is 19.9. The topological polar surface area (TPSA) is 72.0 Å². The molecule has 0 aliphatic heterocycles. The first-order valence-corrected chi connectivity index (χ1v) is 9.60. The summed E-state index contributed by atoms with van der Waals surface area (Å²) in [5.41, 5.74) is 6.41. The molecule has 0 saturated carbocycles. The van der Waals surface area contributed by atoms with Crippen molar-refractivity contribution in [3.8, 4) is 12.1 Å². The fourth-order valence-corrected chi connectivity index (χ4v) is 3.09. The number of anilines is 1. The zero-order valence-electron chi connectivity index (χ0n) is 16.2. The summed E-state index contributed by atoms with van der Waals surface area (Å²) in [6.07, 6.45) is 9.05. The molecule has 142 valence electrons. The quantitative estimate of drug-likeness (QED) is 0.665. The second-order valence-corrected chi connectivity index (χ2v) is 6.49. The molecule has 1 aliphatic carbocycles. The lowest BCUT2D eigenvalue weighted by Gasteiger charge is -2.15. The first-order chi connectivity index (χ1) is 14.3. The minimum absolute atomic E-state index is 0.428. The van der Waals surface area contributed by atoms with E-state index in [-0.39, 0.29) is 0 Å². The van der Waals surface area contributed by atoms with Crippen molar-refractivity contribution in [2.24, 2.45) is 4.99 Å². The Hall–Kier alpha value is -3.89. The van der Waals surface area contributed by atoms with E-state index in [0.717, 1.165) is 33.7 Å². The Kier molecular flexibility index (Phi) is 7.15. The molecule has 0 unspecified atom stereocenters. The summed E-state index contributed by atoms with van der Waals surface area (Å²) in [4.78, 5) is 4.43. The number of nitrogens with one attached hydrogen (secondary N) is 1. The summed E-state index contributed by atoms with van der Waals surface area (Å²) in [5.74, 6) is 0. The van der Waals surface area contributed by atoms with E-state index in [1.54, 1.807) is 0 Å². The van der Waals surface area contributed by atoms with Crippen molar-refractivity contribution in [1.82, 2.24) is 0 Å². The summed E-state index contributed by atoms with van der Waals surface area (Å²) in [6.45, 7) is 1.16. The molecule has 0 radical (unpaired) electrons. The molecule has 3 rings (SSSR count). The van der Waals surface area contributed by atoms with Gasteiger partial charge in [-0.3, -0.25) is 4.99 Å². The van der Waals surface area contributed by atoms with Crippen LogP contribution in [0.1, 0.15) is 24.0 Å². The fraction of sp³-hybridized carbons (Fsp3) is 0.160. The lowest BCUT2D eigenvalue weighted by atomic mass is 9.91. The van der Waals surface area contributed by atoms with Crippen molar-refractivity contribution in [1.29, 1.82) is 10.5 Å². The van der Waals surface area contributed by atoms with Crippen molar-refractivity contribution < 1.29 is 0 Å². The maximum Gasteiger partial charge on any atom is 0.0641 e. The van der Waals surface area contributed by atoms with Crippen molar-refractivity contribution >= 4 is 17.0 Å². The number of benzene rings is 2. The zero-order chi connectivity index (χ0) is 20.3. The van der Waals surface area contributed by atoms with Crippen LogP contribution in [0.15, 0.2) is 89.5 Å². The molecule has 0 bridgehead atoms. The van der Waals surface area contributed by atoms with Crippen LogP contribution < -0.4 is 5.32 Å². The van der Waals surface area contributed by atoms with Gasteiger partial charge in [0.1, 0.15) is 0 Å². The number of nitriles is 2. The fourth-order valence-electron chi connectivity index (χ4n) is 3.09. The third-order valence-electron chi connectivity index (χ3n) is 4.48. The van der Waals surface area contributed by atoms with Crippen LogP contribution in [0.2, 0.25) is 0 Å². The van der Waals surface area contributed by atoms with E-state index in [1.165, 1.54) is 0 Å². The van der Waals surface area contributed by atoms with Gasteiger partial charge in [-0.1, -0.05) is 54.6 Å². The van der Waals surface area contributed by atoms with Crippen LogP contribution in [0, 0.1) is 22.7 Å². The Balaban J connectivity index is 1.91. The van der Waals surface area contributed by atoms with Crippen LogP contribution >= 0.6 is 0 Å². The van der Waals surface area contributed by atoms with Gasteiger partial charge < -0.3 is 5.32 Å². The summed E-state index contributed by atoms with van der Waals surface area (Å²) in [6, 6.07) is 22.9. The Labute approximate surface area is 171 Å². The van der Waals surface area contributed by atoms with Gasteiger partial charge in [-0.15, -0.1) is 0 Å². The summed E-state index contributed by atoms with van der Waals surface area (Å²) < 4.78 is 0. The Bertz CT molecular complexity index is 1010. The second-order valence-electron chi connectivity index (χ2n) is 6.49. The molecule has 1 N–H and O–H groups in total. The molecule has 29 heavy (non-hydrogen) atoms. The average Bonchev–Trinajstić information content (AvgIpc) is 2.77. The van der Waals surface area contributed by atoms with Crippen LogP contribution in [0.3, 0.4) is 0 Å². The molecule has 2 aromatic rings. The van der Waals surface area contributed by atoms with Gasteiger partial charge in [0.25, 0.3) is 0 Å². The molecular weight excluding hydrogens is 356 g/mol. The zero-order valence-corrected chi connectivity index (χ0v) is 16.2. The molecule has 0 spiro atoms. The lowest BCUT2D eigenvalue weighted by Crippen LogP contribution is -2.01. The molecule has 4 heteroatoms. The maximum atomic E-state index is 8.68. The lowest BCUT2D eigenvalue weighted by molar-refractivity contribution is 1.02. The highest BCUT2D eigenvalue weighted by Crippen LogP contribution is 2.30. The molecule has 0 fully saturated rings. The third kappa shape index (κ3) is 5.54. The van der Waals surface area contributed by atoms with Gasteiger partial charge in [-0.05, 0) is 46.6 Å². The first-order valence-electron chi connectivity index (χ1n) is 9.60. The van der Waals surface area contributed by atoms with Gasteiger partial charge in [0.15, 0.2) is 0 Å². The average molecular weight is 378 g/mol. The minimum Gasteiger partial charge on any atom is -0.384 e. The standard InChI is InChI=1S/C25H22N4/c26-16-4-18-28-23-12-8-21(9-13-23)25(20-6-2-1-3-7-20)22-10-14-24(15-11-22)29-19-5-17-27/h1-3,6-15,28H,4-5,18-19H2. The molecule has 4 nitrogen and oxygen atoms in total. The molecular formula is C25H22N4. The van der Waals surface area contributed by atoms with Crippen LogP contribution in [-0.2, 0) is 0 Å². The molecule has 0 aromatic heterocycles. The van der Waals surface area contributed by atoms with Crippen molar-refractivity contribution in [3.05, 3.63) is 95.6 Å². The molecule has 0 saturated heterocycles. The smallest absolute Gasteiger partial charge is 0.0641 e. The molecule has 0 amide bonds. The van der Waals surface area contributed by atoms with Crippen LogP contribution in [0.25, 0.3) is 5.57 Å². The Morgan fingerprint density at radius 1 is 0.793 bits per heavy atom. The highest BCUT2D eigenvalue weighted by Gasteiger charge is 2.11. The van der Waals surface area contributed by atoms with Crippen LogP contribution in [0.5, 0.6) is 0 Å². The maximum absolute atomic E-state index is 8.68.